The Morgan fingerprint density at radius 2 is 1.88 bits per heavy atom. The van der Waals surface area contributed by atoms with Crippen LogP contribution in [0.2, 0.25) is 0 Å². The van der Waals surface area contributed by atoms with E-state index in [4.69, 9.17) is 22.9 Å². The SMILES string of the molecule is [2H]C([2H])([2H])N(C(=O)c1ccc(C2=CCN([C@@H](C)c3cc4c(-c5ccc6[nH]c([C@@H](C)OC)nc6c5)ccnc4n3C)CC2)cc1)C([2H])([2H])[2H]. The quantitative estimate of drug-likeness (QED) is 0.247. The zero-order chi connectivity index (χ0) is 34.5. The van der Waals surface area contributed by atoms with Gasteiger partial charge in [0.2, 0.25) is 0 Å². The summed E-state index contributed by atoms with van der Waals surface area (Å²) in [5, 5.41) is 1.07. The summed E-state index contributed by atoms with van der Waals surface area (Å²) in [6.07, 6.45) is 4.65. The van der Waals surface area contributed by atoms with Gasteiger partial charge < -0.3 is 19.2 Å². The van der Waals surface area contributed by atoms with Gasteiger partial charge in [-0.15, -0.1) is 0 Å². The van der Waals surface area contributed by atoms with Crippen LogP contribution in [-0.2, 0) is 11.8 Å². The molecule has 0 aliphatic carbocycles. The molecular formula is C34H38N6O2. The Labute approximate surface area is 255 Å². The molecule has 1 amide bonds. The molecular weight excluding hydrogens is 524 g/mol. The van der Waals surface area contributed by atoms with Gasteiger partial charge in [-0.1, -0.05) is 24.3 Å². The molecule has 8 nitrogen and oxygen atoms in total. The fraction of sp³-hybridized carbons (Fsp3) is 0.324. The molecule has 6 rings (SSSR count). The number of carbonyl (C=O) groups excluding carboxylic acids is 1. The van der Waals surface area contributed by atoms with Crippen LogP contribution in [-0.4, -0.2) is 69.4 Å². The highest BCUT2D eigenvalue weighted by Gasteiger charge is 2.24. The lowest BCUT2D eigenvalue weighted by molar-refractivity contribution is 0.0827. The molecule has 1 N–H and O–H groups in total. The monoisotopic (exact) mass is 568 g/mol. The molecule has 0 saturated heterocycles. The molecule has 1 aliphatic heterocycles. The van der Waals surface area contributed by atoms with Crippen molar-refractivity contribution in [3.63, 3.8) is 0 Å². The minimum atomic E-state index is -3.09. The number of aromatic nitrogens is 4. The van der Waals surface area contributed by atoms with Crippen molar-refractivity contribution in [2.45, 2.75) is 32.4 Å². The lowest BCUT2D eigenvalue weighted by Gasteiger charge is -2.32. The van der Waals surface area contributed by atoms with Crippen LogP contribution in [0.3, 0.4) is 0 Å². The number of methoxy groups -OCH3 is 1. The van der Waals surface area contributed by atoms with E-state index in [-0.39, 0.29) is 22.6 Å². The fourth-order valence-corrected chi connectivity index (χ4v) is 5.83. The van der Waals surface area contributed by atoms with Crippen LogP contribution >= 0.6 is 0 Å². The topological polar surface area (TPSA) is 79.3 Å². The van der Waals surface area contributed by atoms with E-state index < -0.39 is 19.9 Å². The van der Waals surface area contributed by atoms with Gasteiger partial charge in [-0.05, 0) is 78.9 Å². The molecule has 42 heavy (non-hydrogen) atoms. The van der Waals surface area contributed by atoms with Gasteiger partial charge in [0.25, 0.3) is 5.91 Å². The number of nitrogens with zero attached hydrogens (tertiary/aromatic N) is 5. The van der Waals surface area contributed by atoms with Crippen molar-refractivity contribution in [2.24, 2.45) is 7.05 Å². The average Bonchev–Trinajstić information content (AvgIpc) is 3.63. The number of amides is 1. The van der Waals surface area contributed by atoms with Crippen molar-refractivity contribution >= 4 is 33.5 Å². The van der Waals surface area contributed by atoms with Crippen molar-refractivity contribution in [1.82, 2.24) is 29.3 Å². The van der Waals surface area contributed by atoms with Crippen LogP contribution in [0.25, 0.3) is 38.8 Å². The Balaban J connectivity index is 1.20. The summed E-state index contributed by atoms with van der Waals surface area (Å²) in [4.78, 5) is 28.0. The van der Waals surface area contributed by atoms with Crippen molar-refractivity contribution in [2.75, 3.05) is 34.2 Å². The predicted octanol–water partition coefficient (Wildman–Crippen LogP) is 6.38. The molecule has 4 heterocycles. The third kappa shape index (κ3) is 5.01. The lowest BCUT2D eigenvalue weighted by atomic mass is 9.97. The van der Waals surface area contributed by atoms with Gasteiger partial charge in [-0.2, -0.15) is 0 Å². The summed E-state index contributed by atoms with van der Waals surface area (Å²) in [5.74, 6) is -0.265. The first kappa shape index (κ1) is 21.4. The van der Waals surface area contributed by atoms with Gasteiger partial charge in [0, 0.05) is 78.3 Å². The summed E-state index contributed by atoms with van der Waals surface area (Å²) in [6.45, 7) is -0.498. The Morgan fingerprint density at radius 1 is 1.10 bits per heavy atom. The molecule has 2 atom stereocenters. The second-order valence-electron chi connectivity index (χ2n) is 10.8. The van der Waals surface area contributed by atoms with E-state index in [0.29, 0.717) is 6.54 Å². The smallest absolute Gasteiger partial charge is 0.253 e. The molecule has 0 fully saturated rings. The number of rotatable bonds is 7. The second kappa shape index (κ2) is 11.2. The van der Waals surface area contributed by atoms with Gasteiger partial charge in [0.05, 0.1) is 11.0 Å². The number of pyridine rings is 1. The fourth-order valence-electron chi connectivity index (χ4n) is 5.83. The van der Waals surface area contributed by atoms with E-state index in [1.165, 1.54) is 12.1 Å². The van der Waals surface area contributed by atoms with Crippen molar-refractivity contribution < 1.29 is 17.8 Å². The van der Waals surface area contributed by atoms with E-state index in [9.17, 15) is 4.79 Å². The zero-order valence-electron chi connectivity index (χ0n) is 30.2. The van der Waals surface area contributed by atoms with Crippen LogP contribution in [0.15, 0.2) is 66.9 Å². The highest BCUT2D eigenvalue weighted by Crippen LogP contribution is 2.35. The molecule has 5 aromatic rings. The number of H-pyrrole nitrogens is 1. The molecule has 1 aliphatic rings. The second-order valence-corrected chi connectivity index (χ2v) is 10.8. The van der Waals surface area contributed by atoms with E-state index in [2.05, 4.69) is 51.7 Å². The highest BCUT2D eigenvalue weighted by molar-refractivity contribution is 5.96. The number of ether oxygens (including phenoxy) is 1. The third-order valence-electron chi connectivity index (χ3n) is 8.44. The summed E-state index contributed by atoms with van der Waals surface area (Å²) >= 11 is 0. The molecule has 216 valence electrons. The number of aryl methyl sites for hydroxylation is 1. The van der Waals surface area contributed by atoms with Crippen LogP contribution in [0.1, 0.15) is 68.1 Å². The number of carbonyl (C=O) groups is 1. The summed E-state index contributed by atoms with van der Waals surface area (Å²) in [6, 6.07) is 17.1. The first-order valence-corrected chi connectivity index (χ1v) is 14.0. The van der Waals surface area contributed by atoms with Crippen molar-refractivity contribution in [3.05, 3.63) is 89.5 Å². The molecule has 0 spiro atoms. The first-order chi connectivity index (χ1) is 22.7. The van der Waals surface area contributed by atoms with Crippen LogP contribution in [0.4, 0.5) is 0 Å². The summed E-state index contributed by atoms with van der Waals surface area (Å²) in [5.41, 5.74) is 8.07. The number of imidazole rings is 1. The molecule has 0 bridgehead atoms. The van der Waals surface area contributed by atoms with Gasteiger partial charge in [0.15, 0.2) is 0 Å². The van der Waals surface area contributed by atoms with Gasteiger partial charge in [0.1, 0.15) is 17.6 Å². The van der Waals surface area contributed by atoms with Crippen LogP contribution < -0.4 is 0 Å². The van der Waals surface area contributed by atoms with Gasteiger partial charge in [-0.3, -0.25) is 9.69 Å². The maximum atomic E-state index is 12.8. The maximum absolute atomic E-state index is 12.8. The molecule has 8 heteroatoms. The number of aromatic amines is 1. The first-order valence-electron chi connectivity index (χ1n) is 17.0. The van der Waals surface area contributed by atoms with E-state index in [1.54, 1.807) is 19.2 Å². The number of hydrogen-bond donors (Lipinski definition) is 1. The van der Waals surface area contributed by atoms with E-state index in [1.807, 2.05) is 26.2 Å². The molecule has 0 radical (unpaired) electrons. The Hall–Kier alpha value is -4.27. The average molecular weight is 569 g/mol. The van der Waals surface area contributed by atoms with Crippen LogP contribution in [0, 0.1) is 0 Å². The number of hydrogen-bond acceptors (Lipinski definition) is 5. The van der Waals surface area contributed by atoms with Gasteiger partial charge in [-0.25, -0.2) is 9.97 Å². The van der Waals surface area contributed by atoms with E-state index in [0.717, 1.165) is 68.8 Å². The standard InChI is InChI=1S/C34H38N6O2/c1-21(40-17-14-24(15-18-40)23-7-9-25(10-8-23)34(41)38(3)4)31-20-28-27(13-16-35-33(28)39(31)5)26-11-12-29-30(19-26)37-32(36-29)22(2)42-6/h7-14,16,19-22H,15,17-18H2,1-6H3,(H,36,37)/t21-,22+/m0/s1/i3D3,4D3. The largest absolute Gasteiger partial charge is 0.374 e. The third-order valence-corrected chi connectivity index (χ3v) is 8.44. The molecule has 3 aromatic heterocycles. The number of fused-ring (bicyclic) bond motifs is 2. The summed E-state index contributed by atoms with van der Waals surface area (Å²) < 4.78 is 52.8. The molecule has 2 aromatic carbocycles. The maximum Gasteiger partial charge on any atom is 0.253 e. The molecule has 0 unspecified atom stereocenters. The lowest BCUT2D eigenvalue weighted by Crippen LogP contribution is -2.32. The van der Waals surface area contributed by atoms with Gasteiger partial charge >= 0.3 is 0 Å². The van der Waals surface area contributed by atoms with E-state index >= 15 is 0 Å². The van der Waals surface area contributed by atoms with Crippen molar-refractivity contribution in [3.8, 4) is 11.1 Å². The Bertz CT molecular complexity index is 2000. The predicted molar refractivity (Wildman–Crippen MR) is 168 cm³/mol. The molecule has 0 saturated carbocycles. The van der Waals surface area contributed by atoms with Crippen molar-refractivity contribution in [1.29, 1.82) is 0 Å². The minimum absolute atomic E-state index is 0.0103. The minimum Gasteiger partial charge on any atom is -0.374 e. The Kier molecular flexibility index (Phi) is 5.71. The number of nitrogens with one attached hydrogen (secondary N) is 1. The number of benzene rings is 2. The zero-order valence-corrected chi connectivity index (χ0v) is 24.2. The Morgan fingerprint density at radius 3 is 2.60 bits per heavy atom. The highest BCUT2D eigenvalue weighted by atomic mass is 16.5. The van der Waals surface area contributed by atoms with Crippen LogP contribution in [0.5, 0.6) is 0 Å². The normalized spacial score (nSPS) is 18.3. The summed E-state index contributed by atoms with van der Waals surface area (Å²) in [7, 11) is 3.72.